The molecule has 0 saturated carbocycles. The van der Waals surface area contributed by atoms with E-state index in [4.69, 9.17) is 20.4 Å². The second-order valence-electron chi connectivity index (χ2n) is 1.88. The molecule has 0 aliphatic carbocycles. The van der Waals surface area contributed by atoms with Crippen LogP contribution in [-0.4, -0.2) is 39.4 Å². The lowest BCUT2D eigenvalue weighted by Gasteiger charge is -2.08. The Morgan fingerprint density at radius 2 is 1.67 bits per heavy atom. The summed E-state index contributed by atoms with van der Waals surface area (Å²) in [7, 11) is 0. The molecular formula is C5H12O4. The first-order chi connectivity index (χ1) is 4.16. The highest BCUT2D eigenvalue weighted by Gasteiger charge is 2.06. The van der Waals surface area contributed by atoms with E-state index in [0.717, 1.165) is 0 Å². The fourth-order valence-corrected chi connectivity index (χ4v) is 0.510. The molecule has 0 spiro atoms. The summed E-state index contributed by atoms with van der Waals surface area (Å²) in [5.41, 5.74) is 0. The van der Waals surface area contributed by atoms with Crippen molar-refractivity contribution in [3.05, 3.63) is 0 Å². The number of hydrogen-bond acceptors (Lipinski definition) is 4. The Balaban J connectivity index is 3.15. The highest BCUT2D eigenvalue weighted by molar-refractivity contribution is 4.54. The maximum Gasteiger partial charge on any atom is 0.153 e. The van der Waals surface area contributed by atoms with Gasteiger partial charge in [-0.25, -0.2) is 0 Å². The molecule has 0 aliphatic heterocycles. The van der Waals surface area contributed by atoms with Crippen LogP contribution in [0.1, 0.15) is 12.8 Å². The van der Waals surface area contributed by atoms with Crippen molar-refractivity contribution in [1.29, 1.82) is 0 Å². The molecule has 0 bridgehead atoms. The third-order valence-electron chi connectivity index (χ3n) is 0.945. The third kappa shape index (κ3) is 5.72. The number of hydrogen-bond donors (Lipinski definition) is 4. The first-order valence-electron chi connectivity index (χ1n) is 2.82. The van der Waals surface area contributed by atoms with Gasteiger partial charge in [0.25, 0.3) is 0 Å². The standard InChI is InChI=1S/C5H12O4/c6-2-1-4(7)3-5(8)9/h4-9H,1-3H2. The Morgan fingerprint density at radius 3 is 2.00 bits per heavy atom. The molecule has 0 heterocycles. The minimum Gasteiger partial charge on any atom is -0.396 e. The fourth-order valence-electron chi connectivity index (χ4n) is 0.510. The fraction of sp³-hybridized carbons (Fsp3) is 1.00. The van der Waals surface area contributed by atoms with Crippen LogP contribution >= 0.6 is 0 Å². The van der Waals surface area contributed by atoms with Gasteiger partial charge in [-0.3, -0.25) is 0 Å². The summed E-state index contributed by atoms with van der Waals surface area (Å²) in [6, 6.07) is 0. The van der Waals surface area contributed by atoms with E-state index in [1.54, 1.807) is 0 Å². The maximum atomic E-state index is 8.74. The van der Waals surface area contributed by atoms with Crippen molar-refractivity contribution in [3.8, 4) is 0 Å². The van der Waals surface area contributed by atoms with E-state index in [9.17, 15) is 0 Å². The predicted octanol–water partition coefficient (Wildman–Crippen LogP) is -1.57. The summed E-state index contributed by atoms with van der Waals surface area (Å²) in [5.74, 6) is 0. The van der Waals surface area contributed by atoms with E-state index in [0.29, 0.717) is 0 Å². The molecule has 0 saturated heterocycles. The van der Waals surface area contributed by atoms with Crippen molar-refractivity contribution in [2.45, 2.75) is 25.2 Å². The molecule has 1 atom stereocenters. The zero-order valence-electron chi connectivity index (χ0n) is 5.06. The van der Waals surface area contributed by atoms with Crippen molar-refractivity contribution in [3.63, 3.8) is 0 Å². The van der Waals surface area contributed by atoms with Gasteiger partial charge >= 0.3 is 0 Å². The van der Waals surface area contributed by atoms with Gasteiger partial charge in [-0.05, 0) is 6.42 Å². The van der Waals surface area contributed by atoms with Gasteiger partial charge in [-0.15, -0.1) is 0 Å². The zero-order chi connectivity index (χ0) is 7.28. The minimum atomic E-state index is -1.48. The summed E-state index contributed by atoms with van der Waals surface area (Å²) in [6.07, 6.45) is -2.19. The number of aliphatic hydroxyl groups excluding tert-OH is 3. The number of aliphatic hydroxyl groups is 4. The predicted molar refractivity (Wildman–Crippen MR) is 30.6 cm³/mol. The third-order valence-corrected chi connectivity index (χ3v) is 0.945. The monoisotopic (exact) mass is 136 g/mol. The summed E-state index contributed by atoms with van der Waals surface area (Å²) < 4.78 is 0. The van der Waals surface area contributed by atoms with Crippen molar-refractivity contribution >= 4 is 0 Å². The van der Waals surface area contributed by atoms with Gasteiger partial charge in [0.15, 0.2) is 6.29 Å². The Hall–Kier alpha value is -0.160. The first-order valence-corrected chi connectivity index (χ1v) is 2.82. The average Bonchev–Trinajstić information content (AvgIpc) is 1.63. The molecule has 4 nitrogen and oxygen atoms in total. The molecule has 0 aromatic carbocycles. The quantitative estimate of drug-likeness (QED) is 0.352. The highest BCUT2D eigenvalue weighted by Crippen LogP contribution is 1.98. The lowest BCUT2D eigenvalue weighted by atomic mass is 10.2. The van der Waals surface area contributed by atoms with E-state index in [2.05, 4.69) is 0 Å². The van der Waals surface area contributed by atoms with Crippen LogP contribution < -0.4 is 0 Å². The molecule has 56 valence electrons. The second-order valence-corrected chi connectivity index (χ2v) is 1.88. The topological polar surface area (TPSA) is 80.9 Å². The zero-order valence-corrected chi connectivity index (χ0v) is 5.06. The van der Waals surface area contributed by atoms with Crippen molar-refractivity contribution in [2.24, 2.45) is 0 Å². The summed E-state index contributed by atoms with van der Waals surface area (Å²) >= 11 is 0. The largest absolute Gasteiger partial charge is 0.396 e. The van der Waals surface area contributed by atoms with Gasteiger partial charge in [-0.2, -0.15) is 0 Å². The Morgan fingerprint density at radius 1 is 1.11 bits per heavy atom. The van der Waals surface area contributed by atoms with E-state index in [1.807, 2.05) is 0 Å². The van der Waals surface area contributed by atoms with E-state index in [1.165, 1.54) is 0 Å². The van der Waals surface area contributed by atoms with E-state index in [-0.39, 0.29) is 19.4 Å². The minimum absolute atomic E-state index is 0.0967. The van der Waals surface area contributed by atoms with Gasteiger partial charge in [0, 0.05) is 13.0 Å². The molecule has 0 amide bonds. The van der Waals surface area contributed by atoms with E-state index >= 15 is 0 Å². The molecule has 0 radical (unpaired) electrons. The molecule has 0 aromatic rings. The molecule has 0 aromatic heterocycles. The maximum absolute atomic E-state index is 8.74. The van der Waals surface area contributed by atoms with Crippen LogP contribution in [0.4, 0.5) is 0 Å². The summed E-state index contributed by atoms with van der Waals surface area (Å²) in [5, 5.41) is 33.5. The smallest absolute Gasteiger partial charge is 0.153 e. The molecule has 1 unspecified atom stereocenters. The molecule has 4 heteroatoms. The van der Waals surface area contributed by atoms with E-state index < -0.39 is 12.4 Å². The summed E-state index contributed by atoms with van der Waals surface area (Å²) in [6.45, 7) is -0.131. The van der Waals surface area contributed by atoms with Crippen LogP contribution in [0.3, 0.4) is 0 Å². The Bertz CT molecular complexity index is 64.0. The van der Waals surface area contributed by atoms with Crippen LogP contribution in [0.2, 0.25) is 0 Å². The Kier molecular flexibility index (Phi) is 4.61. The molecule has 0 fully saturated rings. The van der Waals surface area contributed by atoms with Crippen LogP contribution in [0.15, 0.2) is 0 Å². The Labute approximate surface area is 53.4 Å². The van der Waals surface area contributed by atoms with Crippen LogP contribution in [0.25, 0.3) is 0 Å². The number of rotatable bonds is 4. The lowest BCUT2D eigenvalue weighted by molar-refractivity contribution is -0.0721. The molecule has 9 heavy (non-hydrogen) atoms. The van der Waals surface area contributed by atoms with Gasteiger partial charge in [0.05, 0.1) is 6.10 Å². The highest BCUT2D eigenvalue weighted by atomic mass is 16.5. The second kappa shape index (κ2) is 4.69. The van der Waals surface area contributed by atoms with Crippen LogP contribution in [0, 0.1) is 0 Å². The van der Waals surface area contributed by atoms with Gasteiger partial charge in [0.2, 0.25) is 0 Å². The van der Waals surface area contributed by atoms with Gasteiger partial charge in [-0.1, -0.05) is 0 Å². The normalized spacial score (nSPS) is 14.3. The molecular weight excluding hydrogens is 124 g/mol. The van der Waals surface area contributed by atoms with Gasteiger partial charge in [0.1, 0.15) is 0 Å². The average molecular weight is 136 g/mol. The lowest BCUT2D eigenvalue weighted by Crippen LogP contribution is -2.17. The molecule has 4 N–H and O–H groups in total. The van der Waals surface area contributed by atoms with Crippen LogP contribution in [-0.2, 0) is 0 Å². The van der Waals surface area contributed by atoms with Gasteiger partial charge < -0.3 is 20.4 Å². The SMILES string of the molecule is OCCC(O)CC(O)O. The van der Waals surface area contributed by atoms with Crippen LogP contribution in [0.5, 0.6) is 0 Å². The first kappa shape index (κ1) is 8.84. The van der Waals surface area contributed by atoms with Crippen molar-refractivity contribution < 1.29 is 20.4 Å². The molecule has 0 rings (SSSR count). The molecule has 0 aliphatic rings. The van der Waals surface area contributed by atoms with Crippen molar-refractivity contribution in [1.82, 2.24) is 0 Å². The van der Waals surface area contributed by atoms with Crippen molar-refractivity contribution in [2.75, 3.05) is 6.61 Å². The summed E-state index contributed by atoms with van der Waals surface area (Å²) in [4.78, 5) is 0.